The lowest BCUT2D eigenvalue weighted by Gasteiger charge is -2.15. The molecule has 0 unspecified atom stereocenters. The van der Waals surface area contributed by atoms with Gasteiger partial charge in [0.05, 0.1) is 6.42 Å². The SMILES string of the molecule is Cc1nonc1CC(=O)CC(C)(C)C. The fraction of sp³-hybridized carbons (Fsp3) is 0.700. The van der Waals surface area contributed by atoms with Crippen molar-refractivity contribution in [1.29, 1.82) is 0 Å². The van der Waals surface area contributed by atoms with E-state index in [0.29, 0.717) is 24.2 Å². The van der Waals surface area contributed by atoms with E-state index >= 15 is 0 Å². The summed E-state index contributed by atoms with van der Waals surface area (Å²) in [6.07, 6.45) is 0.881. The molecule has 4 nitrogen and oxygen atoms in total. The Hall–Kier alpha value is -1.19. The highest BCUT2D eigenvalue weighted by Crippen LogP contribution is 2.19. The zero-order valence-corrected chi connectivity index (χ0v) is 9.13. The maximum absolute atomic E-state index is 11.6. The fourth-order valence-corrected chi connectivity index (χ4v) is 1.25. The van der Waals surface area contributed by atoms with E-state index in [4.69, 9.17) is 0 Å². The van der Waals surface area contributed by atoms with Crippen molar-refractivity contribution in [2.24, 2.45) is 5.41 Å². The van der Waals surface area contributed by atoms with Gasteiger partial charge < -0.3 is 0 Å². The van der Waals surface area contributed by atoms with E-state index in [1.165, 1.54) is 0 Å². The minimum atomic E-state index is 0.0299. The molecule has 1 heterocycles. The number of rotatable bonds is 3. The van der Waals surface area contributed by atoms with Gasteiger partial charge in [-0.3, -0.25) is 4.79 Å². The zero-order chi connectivity index (χ0) is 10.8. The molecule has 0 aliphatic carbocycles. The molecule has 78 valence electrons. The van der Waals surface area contributed by atoms with E-state index in [9.17, 15) is 4.79 Å². The van der Waals surface area contributed by atoms with Gasteiger partial charge in [-0.2, -0.15) is 0 Å². The molecule has 0 amide bonds. The molecule has 0 aliphatic rings. The predicted molar refractivity (Wildman–Crippen MR) is 51.8 cm³/mol. The Kier molecular flexibility index (Phi) is 3.03. The van der Waals surface area contributed by atoms with Crippen LogP contribution in [0.1, 0.15) is 38.6 Å². The molecule has 0 radical (unpaired) electrons. The molecule has 0 fully saturated rings. The van der Waals surface area contributed by atoms with Gasteiger partial charge in [0.15, 0.2) is 0 Å². The lowest BCUT2D eigenvalue weighted by atomic mass is 9.89. The third-order valence-corrected chi connectivity index (χ3v) is 1.84. The molecule has 4 heteroatoms. The molecule has 0 atom stereocenters. The first-order chi connectivity index (χ1) is 6.38. The van der Waals surface area contributed by atoms with Crippen LogP contribution in [-0.4, -0.2) is 16.1 Å². The van der Waals surface area contributed by atoms with Gasteiger partial charge in [0.25, 0.3) is 0 Å². The first-order valence-corrected chi connectivity index (χ1v) is 4.68. The summed E-state index contributed by atoms with van der Waals surface area (Å²) in [6.45, 7) is 7.91. The number of aryl methyl sites for hydroxylation is 1. The molecule has 1 aromatic rings. The number of Topliss-reactive ketones (excluding diaryl/α,β-unsaturated/α-hetero) is 1. The van der Waals surface area contributed by atoms with Crippen molar-refractivity contribution in [1.82, 2.24) is 10.3 Å². The summed E-state index contributed by atoms with van der Waals surface area (Å²) in [6, 6.07) is 0. The van der Waals surface area contributed by atoms with Crippen LogP contribution in [0.5, 0.6) is 0 Å². The molecule has 0 aromatic carbocycles. The topological polar surface area (TPSA) is 56.0 Å². The van der Waals surface area contributed by atoms with Gasteiger partial charge in [0.1, 0.15) is 17.2 Å². The maximum atomic E-state index is 11.6. The van der Waals surface area contributed by atoms with Crippen LogP contribution in [0.15, 0.2) is 4.63 Å². The summed E-state index contributed by atoms with van der Waals surface area (Å²) in [4.78, 5) is 11.6. The number of ketones is 1. The lowest BCUT2D eigenvalue weighted by molar-refractivity contribution is -0.120. The smallest absolute Gasteiger partial charge is 0.139 e. The molecule has 1 rings (SSSR count). The second-order valence-corrected chi connectivity index (χ2v) is 4.75. The van der Waals surface area contributed by atoms with Gasteiger partial charge >= 0.3 is 0 Å². The largest absolute Gasteiger partial charge is 0.299 e. The second kappa shape index (κ2) is 3.90. The third-order valence-electron chi connectivity index (χ3n) is 1.84. The quantitative estimate of drug-likeness (QED) is 0.741. The summed E-state index contributed by atoms with van der Waals surface area (Å²) >= 11 is 0. The second-order valence-electron chi connectivity index (χ2n) is 4.75. The Balaban J connectivity index is 2.54. The van der Waals surface area contributed by atoms with E-state index < -0.39 is 0 Å². The van der Waals surface area contributed by atoms with Gasteiger partial charge in [0, 0.05) is 6.42 Å². The summed E-state index contributed by atoms with van der Waals surface area (Å²) in [5.41, 5.74) is 1.38. The minimum Gasteiger partial charge on any atom is -0.299 e. The maximum Gasteiger partial charge on any atom is 0.139 e. The summed E-state index contributed by atoms with van der Waals surface area (Å²) < 4.78 is 4.52. The fourth-order valence-electron chi connectivity index (χ4n) is 1.25. The Morgan fingerprint density at radius 1 is 1.36 bits per heavy atom. The lowest BCUT2D eigenvalue weighted by Crippen LogP contribution is -2.15. The van der Waals surface area contributed by atoms with Crippen LogP contribution in [0, 0.1) is 12.3 Å². The van der Waals surface area contributed by atoms with Crippen LogP contribution in [0.3, 0.4) is 0 Å². The molecule has 0 bridgehead atoms. The van der Waals surface area contributed by atoms with Crippen molar-refractivity contribution in [3.8, 4) is 0 Å². The Labute approximate surface area is 83.6 Å². The number of aromatic nitrogens is 2. The molecule has 0 spiro atoms. The average Bonchev–Trinajstić information content (AvgIpc) is 2.32. The Morgan fingerprint density at radius 2 is 2.00 bits per heavy atom. The predicted octanol–water partition coefficient (Wildman–Crippen LogP) is 1.93. The standard InChI is InChI=1S/C10H16N2O2/c1-7-9(12-14-11-7)5-8(13)6-10(2,3)4/h5-6H2,1-4H3. The molecule has 14 heavy (non-hydrogen) atoms. The first-order valence-electron chi connectivity index (χ1n) is 4.68. The third kappa shape index (κ3) is 3.28. The van der Waals surface area contributed by atoms with Crippen LogP contribution in [0.4, 0.5) is 0 Å². The van der Waals surface area contributed by atoms with E-state index in [1.807, 2.05) is 20.8 Å². The number of hydrogen-bond donors (Lipinski definition) is 0. The molecule has 0 aliphatic heterocycles. The Morgan fingerprint density at radius 3 is 2.43 bits per heavy atom. The van der Waals surface area contributed by atoms with Crippen molar-refractivity contribution < 1.29 is 9.42 Å². The van der Waals surface area contributed by atoms with E-state index in [-0.39, 0.29) is 11.2 Å². The highest BCUT2D eigenvalue weighted by molar-refractivity contribution is 5.81. The number of carbonyl (C=O) groups excluding carboxylic acids is 1. The van der Waals surface area contributed by atoms with Gasteiger partial charge in [-0.25, -0.2) is 4.63 Å². The normalized spacial score (nSPS) is 11.7. The highest BCUT2D eigenvalue weighted by atomic mass is 16.6. The van der Waals surface area contributed by atoms with Crippen molar-refractivity contribution in [3.05, 3.63) is 11.4 Å². The summed E-state index contributed by atoms with van der Waals surface area (Å²) in [7, 11) is 0. The summed E-state index contributed by atoms with van der Waals surface area (Å²) in [5, 5.41) is 7.31. The molecule has 0 saturated carbocycles. The molecular formula is C10H16N2O2. The summed E-state index contributed by atoms with van der Waals surface area (Å²) in [5.74, 6) is 0.177. The van der Waals surface area contributed by atoms with Gasteiger partial charge in [-0.15, -0.1) is 0 Å². The van der Waals surface area contributed by atoms with Crippen molar-refractivity contribution in [2.45, 2.75) is 40.5 Å². The molecule has 1 aromatic heterocycles. The van der Waals surface area contributed by atoms with Gasteiger partial charge in [-0.05, 0) is 12.3 Å². The van der Waals surface area contributed by atoms with E-state index in [2.05, 4.69) is 14.9 Å². The van der Waals surface area contributed by atoms with Crippen LogP contribution in [0.2, 0.25) is 0 Å². The first kappa shape index (κ1) is 10.9. The minimum absolute atomic E-state index is 0.0299. The van der Waals surface area contributed by atoms with E-state index in [0.717, 1.165) is 0 Å². The molecule has 0 N–H and O–H groups in total. The van der Waals surface area contributed by atoms with Crippen LogP contribution < -0.4 is 0 Å². The number of nitrogens with zero attached hydrogens (tertiary/aromatic N) is 2. The Bertz CT molecular complexity index is 323. The van der Waals surface area contributed by atoms with Crippen molar-refractivity contribution in [3.63, 3.8) is 0 Å². The van der Waals surface area contributed by atoms with Gasteiger partial charge in [0.2, 0.25) is 0 Å². The number of hydrogen-bond acceptors (Lipinski definition) is 4. The van der Waals surface area contributed by atoms with Crippen LogP contribution in [-0.2, 0) is 11.2 Å². The molecule has 0 saturated heterocycles. The van der Waals surface area contributed by atoms with Crippen LogP contribution in [0.25, 0.3) is 0 Å². The average molecular weight is 196 g/mol. The highest BCUT2D eigenvalue weighted by Gasteiger charge is 2.18. The molecular weight excluding hydrogens is 180 g/mol. The van der Waals surface area contributed by atoms with Crippen molar-refractivity contribution >= 4 is 5.78 Å². The monoisotopic (exact) mass is 196 g/mol. The van der Waals surface area contributed by atoms with Crippen molar-refractivity contribution in [2.75, 3.05) is 0 Å². The number of carbonyl (C=O) groups is 1. The zero-order valence-electron chi connectivity index (χ0n) is 9.13. The van der Waals surface area contributed by atoms with Crippen LogP contribution >= 0.6 is 0 Å². The van der Waals surface area contributed by atoms with Gasteiger partial charge in [-0.1, -0.05) is 31.1 Å². The van der Waals surface area contributed by atoms with E-state index in [1.54, 1.807) is 6.92 Å².